The molecule has 0 aromatic heterocycles. The quantitative estimate of drug-likeness (QED) is 0.591. The van der Waals surface area contributed by atoms with Gasteiger partial charge in [-0.15, -0.1) is 0 Å². The largest absolute Gasteiger partial charge is 0.393 e. The Morgan fingerprint density at radius 3 is 2.50 bits per heavy atom. The van der Waals surface area contributed by atoms with E-state index in [1.807, 2.05) is 6.92 Å². The Labute approximate surface area is 139 Å². The van der Waals surface area contributed by atoms with Crippen molar-refractivity contribution in [3.8, 4) is 0 Å². The first-order valence-corrected chi connectivity index (χ1v) is 9.32. The van der Waals surface area contributed by atoms with Gasteiger partial charge in [-0.1, -0.05) is 22.9 Å². The molecular formula is C14H21BrN2O4S. The van der Waals surface area contributed by atoms with Gasteiger partial charge in [0.2, 0.25) is 15.9 Å². The van der Waals surface area contributed by atoms with Gasteiger partial charge < -0.3 is 10.4 Å². The lowest BCUT2D eigenvalue weighted by Crippen LogP contribution is -2.32. The second kappa shape index (κ2) is 9.24. The van der Waals surface area contributed by atoms with E-state index in [1.165, 1.54) is 12.1 Å². The fourth-order valence-corrected chi connectivity index (χ4v) is 2.96. The first-order chi connectivity index (χ1) is 10.3. The van der Waals surface area contributed by atoms with E-state index in [1.54, 1.807) is 12.1 Å². The lowest BCUT2D eigenvalue weighted by molar-refractivity contribution is -0.121. The Morgan fingerprint density at radius 2 is 1.91 bits per heavy atom. The Balaban J connectivity index is 2.33. The Morgan fingerprint density at radius 1 is 1.27 bits per heavy atom. The molecule has 0 saturated carbocycles. The number of rotatable bonds is 9. The van der Waals surface area contributed by atoms with E-state index in [9.17, 15) is 18.3 Å². The fraction of sp³-hybridized carbons (Fsp3) is 0.500. The molecule has 3 N–H and O–H groups in total. The average Bonchev–Trinajstić information content (AvgIpc) is 2.47. The minimum absolute atomic E-state index is 0.0283. The van der Waals surface area contributed by atoms with Gasteiger partial charge in [0.25, 0.3) is 0 Å². The molecule has 0 aliphatic carbocycles. The first-order valence-electron chi connectivity index (χ1n) is 7.05. The molecule has 0 heterocycles. The van der Waals surface area contributed by atoms with Gasteiger partial charge in [0.1, 0.15) is 0 Å². The summed E-state index contributed by atoms with van der Waals surface area (Å²) < 4.78 is 27.1. The predicted molar refractivity (Wildman–Crippen MR) is 87.9 cm³/mol. The predicted octanol–water partition coefficient (Wildman–Crippen LogP) is 1.39. The molecule has 1 amide bonds. The van der Waals surface area contributed by atoms with E-state index in [-0.39, 0.29) is 23.8 Å². The minimum Gasteiger partial charge on any atom is -0.393 e. The third kappa shape index (κ3) is 6.87. The summed E-state index contributed by atoms with van der Waals surface area (Å²) >= 11 is 3.24. The smallest absolute Gasteiger partial charge is 0.240 e. The summed E-state index contributed by atoms with van der Waals surface area (Å²) in [6.07, 6.45) is 0.768. The highest BCUT2D eigenvalue weighted by Crippen LogP contribution is 2.14. The highest BCUT2D eigenvalue weighted by molar-refractivity contribution is 9.10. The highest BCUT2D eigenvalue weighted by atomic mass is 79.9. The average molecular weight is 393 g/mol. The maximum Gasteiger partial charge on any atom is 0.240 e. The zero-order chi connectivity index (χ0) is 16.6. The number of carbonyl (C=O) groups is 1. The lowest BCUT2D eigenvalue weighted by Gasteiger charge is -2.09. The van der Waals surface area contributed by atoms with Gasteiger partial charge in [-0.25, -0.2) is 13.1 Å². The summed E-state index contributed by atoms with van der Waals surface area (Å²) in [5.41, 5.74) is 0. The van der Waals surface area contributed by atoms with Gasteiger partial charge in [0, 0.05) is 24.0 Å². The van der Waals surface area contributed by atoms with Crippen molar-refractivity contribution in [1.82, 2.24) is 10.0 Å². The number of hydrogen-bond acceptors (Lipinski definition) is 4. The molecule has 0 unspecified atom stereocenters. The molecule has 0 bridgehead atoms. The molecule has 1 aromatic rings. The summed E-state index contributed by atoms with van der Waals surface area (Å²) in [5, 5.41) is 12.0. The normalized spacial score (nSPS) is 12.9. The fourth-order valence-electron chi connectivity index (χ4n) is 1.67. The van der Waals surface area contributed by atoms with Crippen LogP contribution >= 0.6 is 15.9 Å². The van der Waals surface area contributed by atoms with E-state index in [0.29, 0.717) is 19.4 Å². The molecule has 0 spiro atoms. The molecule has 22 heavy (non-hydrogen) atoms. The zero-order valence-corrected chi connectivity index (χ0v) is 14.8. The van der Waals surface area contributed by atoms with Crippen LogP contribution in [0.5, 0.6) is 0 Å². The van der Waals surface area contributed by atoms with Crippen LogP contribution in [0.1, 0.15) is 26.2 Å². The minimum atomic E-state index is -3.60. The molecule has 0 fully saturated rings. The molecule has 6 nitrogen and oxygen atoms in total. The number of carbonyl (C=O) groups excluding carboxylic acids is 1. The van der Waals surface area contributed by atoms with Crippen LogP contribution in [-0.4, -0.2) is 38.6 Å². The molecule has 1 atom stereocenters. The molecule has 0 aliphatic heterocycles. The molecule has 1 aromatic carbocycles. The molecule has 0 radical (unpaired) electrons. The van der Waals surface area contributed by atoms with Crippen molar-refractivity contribution >= 4 is 31.9 Å². The molecule has 0 saturated heterocycles. The Bertz CT molecular complexity index is 575. The maximum absolute atomic E-state index is 12.0. The number of halogens is 1. The van der Waals surface area contributed by atoms with E-state index >= 15 is 0 Å². The number of benzene rings is 1. The van der Waals surface area contributed by atoms with Crippen molar-refractivity contribution in [2.75, 3.05) is 13.1 Å². The van der Waals surface area contributed by atoms with Crippen LogP contribution < -0.4 is 10.0 Å². The van der Waals surface area contributed by atoms with E-state index < -0.39 is 16.1 Å². The highest BCUT2D eigenvalue weighted by Gasteiger charge is 2.13. The van der Waals surface area contributed by atoms with Crippen LogP contribution in [0, 0.1) is 0 Å². The number of aliphatic hydroxyl groups is 1. The lowest BCUT2D eigenvalue weighted by atomic mass is 10.2. The van der Waals surface area contributed by atoms with Crippen LogP contribution in [0.25, 0.3) is 0 Å². The van der Waals surface area contributed by atoms with Gasteiger partial charge in [-0.05, 0) is 37.1 Å². The van der Waals surface area contributed by atoms with Gasteiger partial charge >= 0.3 is 0 Å². The first kappa shape index (κ1) is 19.1. The van der Waals surface area contributed by atoms with E-state index in [0.717, 1.165) is 4.47 Å². The second-order valence-electron chi connectivity index (χ2n) is 4.80. The molecule has 1 rings (SSSR count). The zero-order valence-electron chi connectivity index (χ0n) is 12.4. The van der Waals surface area contributed by atoms with Gasteiger partial charge in [-0.2, -0.15) is 0 Å². The van der Waals surface area contributed by atoms with Crippen molar-refractivity contribution in [2.45, 2.75) is 37.2 Å². The van der Waals surface area contributed by atoms with Crippen LogP contribution in [0.15, 0.2) is 33.6 Å². The van der Waals surface area contributed by atoms with Crippen LogP contribution in [-0.2, 0) is 14.8 Å². The Kier molecular flexibility index (Phi) is 8.02. The summed E-state index contributed by atoms with van der Waals surface area (Å²) in [6.45, 7) is 2.28. The molecule has 8 heteroatoms. The summed E-state index contributed by atoms with van der Waals surface area (Å²) in [6, 6.07) is 6.25. The Hall–Kier alpha value is -0.960. The monoisotopic (exact) mass is 392 g/mol. The third-order valence-corrected chi connectivity index (χ3v) is 5.04. The van der Waals surface area contributed by atoms with Crippen LogP contribution in [0.2, 0.25) is 0 Å². The number of aliphatic hydroxyl groups excluding tert-OH is 1. The van der Waals surface area contributed by atoms with Gasteiger partial charge in [0.05, 0.1) is 11.0 Å². The van der Waals surface area contributed by atoms with Crippen molar-refractivity contribution < 1.29 is 18.3 Å². The topological polar surface area (TPSA) is 95.5 Å². The molecular weight excluding hydrogens is 372 g/mol. The summed E-state index contributed by atoms with van der Waals surface area (Å²) in [5.74, 6) is -0.248. The summed E-state index contributed by atoms with van der Waals surface area (Å²) in [4.78, 5) is 11.7. The van der Waals surface area contributed by atoms with Crippen LogP contribution in [0.4, 0.5) is 0 Å². The van der Waals surface area contributed by atoms with Crippen molar-refractivity contribution in [3.63, 3.8) is 0 Å². The van der Waals surface area contributed by atoms with Crippen molar-refractivity contribution in [1.29, 1.82) is 0 Å². The standard InChI is InChI=1S/C14H21BrN2O4S/c1-2-12(18)7-9-16-14(19)8-10-17-22(20,21)13-5-3-11(15)4-6-13/h3-6,12,17-18H,2,7-10H2,1H3,(H,16,19)/t12-/m0/s1. The molecule has 0 aliphatic rings. The third-order valence-electron chi connectivity index (χ3n) is 3.04. The number of hydrogen-bond donors (Lipinski definition) is 3. The SMILES string of the molecule is CC[C@H](O)CCNC(=O)CCNS(=O)(=O)c1ccc(Br)cc1. The van der Waals surface area contributed by atoms with Crippen molar-refractivity contribution in [2.24, 2.45) is 0 Å². The number of amides is 1. The summed E-state index contributed by atoms with van der Waals surface area (Å²) in [7, 11) is -3.60. The van der Waals surface area contributed by atoms with Crippen LogP contribution in [0.3, 0.4) is 0 Å². The second-order valence-corrected chi connectivity index (χ2v) is 7.49. The van der Waals surface area contributed by atoms with Gasteiger partial charge in [0.15, 0.2) is 0 Å². The number of nitrogens with one attached hydrogen (secondary N) is 2. The molecule has 124 valence electrons. The number of sulfonamides is 1. The maximum atomic E-state index is 12.0. The van der Waals surface area contributed by atoms with Gasteiger partial charge in [-0.3, -0.25) is 4.79 Å². The van der Waals surface area contributed by atoms with E-state index in [2.05, 4.69) is 26.0 Å². The van der Waals surface area contributed by atoms with E-state index in [4.69, 9.17) is 0 Å². The van der Waals surface area contributed by atoms with Crippen molar-refractivity contribution in [3.05, 3.63) is 28.7 Å².